The van der Waals surface area contributed by atoms with E-state index in [1.165, 1.54) is 5.56 Å². The predicted molar refractivity (Wildman–Crippen MR) is 66.2 cm³/mol. The van der Waals surface area contributed by atoms with E-state index in [2.05, 4.69) is 22.7 Å². The van der Waals surface area contributed by atoms with Crippen LogP contribution < -0.4 is 5.43 Å². The summed E-state index contributed by atoms with van der Waals surface area (Å²) in [5.74, 6) is -0.0674. The number of nitrogens with one attached hydrogen (secondary N) is 1. The fourth-order valence-corrected chi connectivity index (χ4v) is 1.18. The normalized spacial score (nSPS) is 10.9. The van der Waals surface area contributed by atoms with Gasteiger partial charge in [-0.25, -0.2) is 5.43 Å². The first-order valence-corrected chi connectivity index (χ1v) is 5.55. The quantitative estimate of drug-likeness (QED) is 0.598. The summed E-state index contributed by atoms with van der Waals surface area (Å²) in [6, 6.07) is 10.2. The topological polar surface area (TPSA) is 41.5 Å². The average Bonchev–Trinajstić information content (AvgIpc) is 2.29. The second-order valence-electron chi connectivity index (χ2n) is 3.97. The molecule has 0 atom stereocenters. The van der Waals surface area contributed by atoms with E-state index >= 15 is 0 Å². The van der Waals surface area contributed by atoms with Gasteiger partial charge in [0.2, 0.25) is 5.91 Å². The van der Waals surface area contributed by atoms with E-state index in [0.717, 1.165) is 12.8 Å². The molecule has 0 bridgehead atoms. The fourth-order valence-electron chi connectivity index (χ4n) is 1.18. The lowest BCUT2D eigenvalue weighted by molar-refractivity contribution is -0.123. The molecule has 3 nitrogen and oxygen atoms in total. The number of benzene rings is 1. The van der Waals surface area contributed by atoms with E-state index in [4.69, 9.17) is 0 Å². The molecular formula is C13H18N2O. The Morgan fingerprint density at radius 1 is 1.38 bits per heavy atom. The molecule has 0 heterocycles. The summed E-state index contributed by atoms with van der Waals surface area (Å²) in [6.07, 6.45) is 3.53. The van der Waals surface area contributed by atoms with Crippen molar-refractivity contribution in [1.82, 2.24) is 5.43 Å². The molecule has 3 heteroatoms. The fraction of sp³-hybridized carbons (Fsp3) is 0.385. The zero-order chi connectivity index (χ0) is 11.8. The van der Waals surface area contributed by atoms with Crippen molar-refractivity contribution in [2.45, 2.75) is 26.7 Å². The van der Waals surface area contributed by atoms with Crippen molar-refractivity contribution in [2.75, 3.05) is 0 Å². The van der Waals surface area contributed by atoms with E-state index in [0.29, 0.717) is 0 Å². The minimum Gasteiger partial charge on any atom is -0.273 e. The molecule has 0 radical (unpaired) electrons. The van der Waals surface area contributed by atoms with Crippen LogP contribution in [0.25, 0.3) is 0 Å². The van der Waals surface area contributed by atoms with Crippen LogP contribution >= 0.6 is 0 Å². The lowest BCUT2D eigenvalue weighted by Gasteiger charge is -2.01. The number of carbonyl (C=O) groups is 1. The van der Waals surface area contributed by atoms with Crippen molar-refractivity contribution in [3.63, 3.8) is 0 Å². The number of amides is 1. The Morgan fingerprint density at radius 3 is 2.69 bits per heavy atom. The molecule has 0 aliphatic rings. The lowest BCUT2D eigenvalue weighted by Crippen LogP contribution is -2.22. The van der Waals surface area contributed by atoms with Crippen LogP contribution in [0, 0.1) is 5.92 Å². The standard InChI is InChI=1S/C13H18N2O/c1-11(2)13(16)15-14-10-6-9-12-7-4-3-5-8-12/h3-5,7-8,10-11H,6,9H2,1-2H3,(H,15,16)/b14-10+. The molecule has 0 aliphatic carbocycles. The van der Waals surface area contributed by atoms with Gasteiger partial charge in [-0.15, -0.1) is 0 Å². The van der Waals surface area contributed by atoms with Gasteiger partial charge in [-0.05, 0) is 18.4 Å². The van der Waals surface area contributed by atoms with Gasteiger partial charge in [-0.1, -0.05) is 44.2 Å². The van der Waals surface area contributed by atoms with Gasteiger partial charge in [0.15, 0.2) is 0 Å². The summed E-state index contributed by atoms with van der Waals surface area (Å²) < 4.78 is 0. The van der Waals surface area contributed by atoms with Crippen LogP contribution in [0.4, 0.5) is 0 Å². The molecule has 1 N–H and O–H groups in total. The number of hydrogen-bond donors (Lipinski definition) is 1. The summed E-state index contributed by atoms with van der Waals surface area (Å²) >= 11 is 0. The second-order valence-corrected chi connectivity index (χ2v) is 3.97. The minimum absolute atomic E-state index is 0.0220. The van der Waals surface area contributed by atoms with Crippen molar-refractivity contribution in [2.24, 2.45) is 11.0 Å². The van der Waals surface area contributed by atoms with Gasteiger partial charge in [0.1, 0.15) is 0 Å². The molecule has 0 saturated heterocycles. The maximum absolute atomic E-state index is 11.2. The summed E-state index contributed by atoms with van der Waals surface area (Å²) in [7, 11) is 0. The van der Waals surface area contributed by atoms with E-state index in [9.17, 15) is 4.79 Å². The number of nitrogens with zero attached hydrogens (tertiary/aromatic N) is 1. The predicted octanol–water partition coefficient (Wildman–Crippen LogP) is 2.38. The number of aryl methyl sites for hydroxylation is 1. The van der Waals surface area contributed by atoms with E-state index in [-0.39, 0.29) is 11.8 Å². The number of rotatable bonds is 5. The molecule has 1 aromatic rings. The molecule has 1 aromatic carbocycles. The third-order valence-electron chi connectivity index (χ3n) is 2.20. The molecule has 0 saturated carbocycles. The first-order valence-electron chi connectivity index (χ1n) is 5.55. The Morgan fingerprint density at radius 2 is 2.06 bits per heavy atom. The summed E-state index contributed by atoms with van der Waals surface area (Å²) in [5, 5.41) is 3.88. The van der Waals surface area contributed by atoms with Gasteiger partial charge in [0, 0.05) is 12.1 Å². The highest BCUT2D eigenvalue weighted by atomic mass is 16.2. The highest BCUT2D eigenvalue weighted by molar-refractivity contribution is 5.78. The average molecular weight is 218 g/mol. The zero-order valence-corrected chi connectivity index (χ0v) is 9.81. The first-order chi connectivity index (χ1) is 7.70. The minimum atomic E-state index is -0.0454. The second kappa shape index (κ2) is 6.77. The molecule has 1 rings (SSSR count). The Hall–Kier alpha value is -1.64. The SMILES string of the molecule is CC(C)C(=O)N/N=C/CCc1ccccc1. The summed E-state index contributed by atoms with van der Waals surface area (Å²) in [4.78, 5) is 11.2. The molecule has 0 aromatic heterocycles. The van der Waals surface area contributed by atoms with Crippen LogP contribution in [0.3, 0.4) is 0 Å². The molecule has 0 unspecified atom stereocenters. The molecule has 86 valence electrons. The van der Waals surface area contributed by atoms with Crippen molar-refractivity contribution < 1.29 is 4.79 Å². The van der Waals surface area contributed by atoms with E-state index < -0.39 is 0 Å². The highest BCUT2D eigenvalue weighted by Gasteiger charge is 2.03. The third kappa shape index (κ3) is 4.73. The molecule has 0 aliphatic heterocycles. The van der Waals surface area contributed by atoms with E-state index in [1.807, 2.05) is 32.0 Å². The first kappa shape index (κ1) is 12.4. The zero-order valence-electron chi connectivity index (χ0n) is 9.81. The van der Waals surface area contributed by atoms with Crippen LogP contribution in [-0.2, 0) is 11.2 Å². The van der Waals surface area contributed by atoms with Crippen molar-refractivity contribution in [3.8, 4) is 0 Å². The summed E-state index contributed by atoms with van der Waals surface area (Å²) in [5.41, 5.74) is 3.78. The monoisotopic (exact) mass is 218 g/mol. The number of carbonyl (C=O) groups excluding carboxylic acids is 1. The highest BCUT2D eigenvalue weighted by Crippen LogP contribution is 2.00. The Balaban J connectivity index is 2.21. The van der Waals surface area contributed by atoms with Crippen LogP contribution in [0.1, 0.15) is 25.8 Å². The van der Waals surface area contributed by atoms with Gasteiger partial charge in [-0.2, -0.15) is 5.10 Å². The smallest absolute Gasteiger partial charge is 0.242 e. The van der Waals surface area contributed by atoms with Gasteiger partial charge >= 0.3 is 0 Å². The summed E-state index contributed by atoms with van der Waals surface area (Å²) in [6.45, 7) is 3.68. The lowest BCUT2D eigenvalue weighted by atomic mass is 10.1. The van der Waals surface area contributed by atoms with Gasteiger partial charge in [-0.3, -0.25) is 4.79 Å². The van der Waals surface area contributed by atoms with Gasteiger partial charge in [0.25, 0.3) is 0 Å². The molecule has 16 heavy (non-hydrogen) atoms. The van der Waals surface area contributed by atoms with Crippen LogP contribution in [0.15, 0.2) is 35.4 Å². The van der Waals surface area contributed by atoms with Crippen molar-refractivity contribution >= 4 is 12.1 Å². The van der Waals surface area contributed by atoms with Crippen LogP contribution in [0.2, 0.25) is 0 Å². The maximum Gasteiger partial charge on any atom is 0.242 e. The molecule has 1 amide bonds. The maximum atomic E-state index is 11.2. The van der Waals surface area contributed by atoms with E-state index in [1.54, 1.807) is 6.21 Å². The number of hydrazone groups is 1. The Labute approximate surface area is 96.6 Å². The van der Waals surface area contributed by atoms with Gasteiger partial charge in [0.05, 0.1) is 0 Å². The molecule has 0 fully saturated rings. The van der Waals surface area contributed by atoms with Crippen LogP contribution in [-0.4, -0.2) is 12.1 Å². The third-order valence-corrected chi connectivity index (χ3v) is 2.20. The largest absolute Gasteiger partial charge is 0.273 e. The molecular weight excluding hydrogens is 200 g/mol. The number of hydrogen-bond acceptors (Lipinski definition) is 2. The van der Waals surface area contributed by atoms with Crippen molar-refractivity contribution in [1.29, 1.82) is 0 Å². The molecule has 0 spiro atoms. The van der Waals surface area contributed by atoms with Crippen molar-refractivity contribution in [3.05, 3.63) is 35.9 Å². The van der Waals surface area contributed by atoms with Crippen LogP contribution in [0.5, 0.6) is 0 Å². The Kier molecular flexibility index (Phi) is 5.26. The Bertz CT molecular complexity index is 344. The van der Waals surface area contributed by atoms with Gasteiger partial charge < -0.3 is 0 Å².